The number of carboxylic acid groups (broad SMARTS) is 1. The lowest BCUT2D eigenvalue weighted by molar-refractivity contribution is -0.145. The van der Waals surface area contributed by atoms with E-state index in [0.29, 0.717) is 11.8 Å². The summed E-state index contributed by atoms with van der Waals surface area (Å²) in [5.41, 5.74) is 0. The van der Waals surface area contributed by atoms with Crippen LogP contribution < -0.4 is 0 Å². The monoisotopic (exact) mass is 294 g/mol. The highest BCUT2D eigenvalue weighted by atomic mass is 79.9. The highest BCUT2D eigenvalue weighted by Crippen LogP contribution is 2.17. The average molecular weight is 295 g/mol. The number of aliphatic hydroxyl groups excluding tert-OH is 1. The number of hydrogen-bond acceptors (Lipinski definition) is 2. The van der Waals surface area contributed by atoms with E-state index in [9.17, 15) is 9.90 Å². The van der Waals surface area contributed by atoms with Crippen LogP contribution in [-0.4, -0.2) is 27.6 Å². The summed E-state index contributed by atoms with van der Waals surface area (Å²) in [4.78, 5) is 10.9. The van der Waals surface area contributed by atoms with Gasteiger partial charge in [-0.05, 0) is 6.42 Å². The second kappa shape index (κ2) is 10.1. The quantitative estimate of drug-likeness (QED) is 0.480. The van der Waals surface area contributed by atoms with Crippen molar-refractivity contribution in [2.75, 3.05) is 5.33 Å². The van der Waals surface area contributed by atoms with Crippen molar-refractivity contribution < 1.29 is 15.0 Å². The summed E-state index contributed by atoms with van der Waals surface area (Å²) in [5, 5.41) is 18.8. The summed E-state index contributed by atoms with van der Waals surface area (Å²) in [7, 11) is 0. The molecule has 1 unspecified atom stereocenters. The molecule has 0 aromatic heterocycles. The van der Waals surface area contributed by atoms with Gasteiger partial charge in [0.2, 0.25) is 0 Å². The number of halogens is 1. The van der Waals surface area contributed by atoms with Gasteiger partial charge in [-0.25, -0.2) is 0 Å². The van der Waals surface area contributed by atoms with Crippen molar-refractivity contribution in [3.8, 4) is 0 Å². The van der Waals surface area contributed by atoms with Crippen molar-refractivity contribution in [1.82, 2.24) is 0 Å². The van der Waals surface area contributed by atoms with Crippen molar-refractivity contribution >= 4 is 21.9 Å². The van der Waals surface area contributed by atoms with Gasteiger partial charge in [0, 0.05) is 5.33 Å². The van der Waals surface area contributed by atoms with Crippen LogP contribution in [0.4, 0.5) is 0 Å². The van der Waals surface area contributed by atoms with E-state index >= 15 is 0 Å². The molecule has 0 saturated carbocycles. The molecule has 0 aliphatic carbocycles. The van der Waals surface area contributed by atoms with Crippen molar-refractivity contribution in [2.24, 2.45) is 5.92 Å². The van der Waals surface area contributed by atoms with E-state index in [-0.39, 0.29) is 0 Å². The first-order valence-corrected chi connectivity index (χ1v) is 7.22. The molecule has 0 fully saturated rings. The highest BCUT2D eigenvalue weighted by Gasteiger charge is 2.24. The summed E-state index contributed by atoms with van der Waals surface area (Å²) in [6.45, 7) is 2.17. The Kier molecular flexibility index (Phi) is 10.0. The van der Waals surface area contributed by atoms with E-state index in [4.69, 9.17) is 5.11 Å². The van der Waals surface area contributed by atoms with Crippen LogP contribution >= 0.6 is 15.9 Å². The molecule has 0 rings (SSSR count). The number of carboxylic acids is 1. The smallest absolute Gasteiger partial charge is 0.309 e. The van der Waals surface area contributed by atoms with Crippen LogP contribution in [-0.2, 0) is 4.79 Å². The fourth-order valence-corrected chi connectivity index (χ4v) is 2.18. The second-order valence-corrected chi connectivity index (χ2v) is 4.87. The second-order valence-electron chi connectivity index (χ2n) is 4.22. The number of carbonyl (C=O) groups is 1. The molecule has 3 nitrogen and oxygen atoms in total. The van der Waals surface area contributed by atoms with Crippen molar-refractivity contribution in [1.29, 1.82) is 0 Å². The maximum atomic E-state index is 10.9. The lowest BCUT2D eigenvalue weighted by Gasteiger charge is -2.16. The molecule has 0 amide bonds. The molecule has 0 aliphatic rings. The standard InChI is InChI=1S/C12H23BrO3/c1-2-3-4-5-6-7-8-10(12(15)16)11(14)9-13/h10-11,14H,2-9H2,1H3,(H,15,16)/t10-,11?/m1/s1. The largest absolute Gasteiger partial charge is 0.481 e. The topological polar surface area (TPSA) is 57.5 Å². The summed E-state index contributed by atoms with van der Waals surface area (Å²) < 4.78 is 0. The minimum absolute atomic E-state index is 0.333. The molecule has 2 N–H and O–H groups in total. The summed E-state index contributed by atoms with van der Waals surface area (Å²) >= 11 is 3.11. The first-order valence-electron chi connectivity index (χ1n) is 6.10. The number of rotatable bonds is 10. The van der Waals surface area contributed by atoms with Crippen molar-refractivity contribution in [2.45, 2.75) is 58.0 Å². The van der Waals surface area contributed by atoms with Crippen LogP contribution in [0.1, 0.15) is 51.9 Å². The summed E-state index contributed by atoms with van der Waals surface area (Å²) in [6.07, 6.45) is 6.65. The molecular formula is C12H23BrO3. The minimum atomic E-state index is -0.888. The van der Waals surface area contributed by atoms with Crippen molar-refractivity contribution in [3.05, 3.63) is 0 Å². The number of alkyl halides is 1. The van der Waals surface area contributed by atoms with Gasteiger partial charge in [0.15, 0.2) is 0 Å². The first-order chi connectivity index (χ1) is 7.63. The maximum Gasteiger partial charge on any atom is 0.309 e. The Hall–Kier alpha value is -0.0900. The van der Waals surface area contributed by atoms with E-state index in [2.05, 4.69) is 22.9 Å². The van der Waals surface area contributed by atoms with Gasteiger partial charge in [-0.1, -0.05) is 61.4 Å². The Bertz CT molecular complexity index is 185. The normalized spacial score (nSPS) is 14.7. The first kappa shape index (κ1) is 15.9. The van der Waals surface area contributed by atoms with Crippen LogP contribution in [0.5, 0.6) is 0 Å². The lowest BCUT2D eigenvalue weighted by atomic mass is 9.96. The van der Waals surface area contributed by atoms with Gasteiger partial charge in [-0.2, -0.15) is 0 Å². The Morgan fingerprint density at radius 2 is 1.75 bits per heavy atom. The third-order valence-electron chi connectivity index (χ3n) is 2.81. The molecule has 0 saturated heterocycles. The van der Waals surface area contributed by atoms with Crippen LogP contribution in [0.3, 0.4) is 0 Å². The number of aliphatic carboxylic acids is 1. The zero-order valence-corrected chi connectivity index (χ0v) is 11.6. The number of aliphatic hydroxyl groups is 1. The summed E-state index contributed by atoms with van der Waals surface area (Å²) in [6, 6.07) is 0. The lowest BCUT2D eigenvalue weighted by Crippen LogP contribution is -2.29. The van der Waals surface area contributed by atoms with E-state index in [1.54, 1.807) is 0 Å². The predicted octanol–water partition coefficient (Wildman–Crippen LogP) is 3.19. The van der Waals surface area contributed by atoms with E-state index < -0.39 is 18.0 Å². The SMILES string of the molecule is CCCCCCCC[C@@H](C(=O)O)C(O)CBr. The third-order valence-corrected chi connectivity index (χ3v) is 3.47. The van der Waals surface area contributed by atoms with Crippen LogP contribution in [0.15, 0.2) is 0 Å². The molecule has 0 bridgehead atoms. The number of unbranched alkanes of at least 4 members (excludes halogenated alkanes) is 5. The predicted molar refractivity (Wildman–Crippen MR) is 68.9 cm³/mol. The molecular weight excluding hydrogens is 272 g/mol. The summed E-state index contributed by atoms with van der Waals surface area (Å²) in [5.74, 6) is -1.51. The highest BCUT2D eigenvalue weighted by molar-refractivity contribution is 9.09. The van der Waals surface area contributed by atoms with Crippen LogP contribution in [0, 0.1) is 5.92 Å². The maximum absolute atomic E-state index is 10.9. The zero-order valence-electron chi connectivity index (χ0n) is 9.99. The Morgan fingerprint density at radius 3 is 2.25 bits per heavy atom. The molecule has 4 heteroatoms. The molecule has 16 heavy (non-hydrogen) atoms. The van der Waals surface area contributed by atoms with Crippen LogP contribution in [0.2, 0.25) is 0 Å². The number of hydrogen-bond donors (Lipinski definition) is 2. The molecule has 0 radical (unpaired) electrons. The molecule has 0 aromatic carbocycles. The third kappa shape index (κ3) is 7.23. The fourth-order valence-electron chi connectivity index (χ4n) is 1.73. The van der Waals surface area contributed by atoms with Gasteiger partial charge in [0.1, 0.15) is 0 Å². The van der Waals surface area contributed by atoms with E-state index in [1.165, 1.54) is 25.7 Å². The van der Waals surface area contributed by atoms with Gasteiger partial charge < -0.3 is 10.2 Å². The Labute approximate surface area is 106 Å². The molecule has 96 valence electrons. The molecule has 0 heterocycles. The van der Waals surface area contributed by atoms with E-state index in [1.807, 2.05) is 0 Å². The fraction of sp³-hybridized carbons (Fsp3) is 0.917. The average Bonchev–Trinajstić information content (AvgIpc) is 2.26. The molecule has 0 spiro atoms. The molecule has 2 atom stereocenters. The van der Waals surface area contributed by atoms with Gasteiger partial charge in [-0.15, -0.1) is 0 Å². The van der Waals surface area contributed by atoms with Crippen LogP contribution in [0.25, 0.3) is 0 Å². The van der Waals surface area contributed by atoms with Gasteiger partial charge in [0.25, 0.3) is 0 Å². The molecule has 0 aromatic rings. The van der Waals surface area contributed by atoms with Gasteiger partial charge in [0.05, 0.1) is 12.0 Å². The van der Waals surface area contributed by atoms with Gasteiger partial charge >= 0.3 is 5.97 Å². The van der Waals surface area contributed by atoms with Crippen molar-refractivity contribution in [3.63, 3.8) is 0 Å². The van der Waals surface area contributed by atoms with Gasteiger partial charge in [-0.3, -0.25) is 4.79 Å². The van der Waals surface area contributed by atoms with E-state index in [0.717, 1.165) is 12.8 Å². The minimum Gasteiger partial charge on any atom is -0.481 e. The molecule has 0 aliphatic heterocycles. The zero-order chi connectivity index (χ0) is 12.4. The Morgan fingerprint density at radius 1 is 1.19 bits per heavy atom. The Balaban J connectivity index is 3.65.